The number of aliphatic hydroxyl groups excluding tert-OH is 1. The van der Waals surface area contributed by atoms with Gasteiger partial charge in [-0.15, -0.1) is 12.4 Å². The number of hydrogen-bond donors (Lipinski definition) is 1. The van der Waals surface area contributed by atoms with Gasteiger partial charge in [-0.2, -0.15) is 0 Å². The van der Waals surface area contributed by atoms with Crippen LogP contribution in [0.4, 0.5) is 0 Å². The maximum atomic E-state index is 10.7. The van der Waals surface area contributed by atoms with Crippen LogP contribution in [0.1, 0.15) is 37.9 Å². The Balaban J connectivity index is 0.00000208. The average Bonchev–Trinajstić information content (AvgIpc) is 2.63. The number of likely N-dealkylation sites (tertiary alicyclic amines) is 1. The molecule has 1 aliphatic heterocycles. The van der Waals surface area contributed by atoms with Crippen molar-refractivity contribution in [2.45, 2.75) is 32.3 Å². The fourth-order valence-electron chi connectivity index (χ4n) is 3.48. The second kappa shape index (κ2) is 9.22. The van der Waals surface area contributed by atoms with Gasteiger partial charge < -0.3 is 10.0 Å². The summed E-state index contributed by atoms with van der Waals surface area (Å²) in [6.45, 7) is 5.51. The first-order valence-corrected chi connectivity index (χ1v) is 8.80. The van der Waals surface area contributed by atoms with Crippen LogP contribution in [0.5, 0.6) is 0 Å². The molecule has 3 rings (SSSR count). The van der Waals surface area contributed by atoms with Gasteiger partial charge in [0.1, 0.15) is 0 Å². The highest BCUT2D eigenvalue weighted by Gasteiger charge is 2.20. The molecule has 2 atom stereocenters. The number of piperidine rings is 1. The molecule has 1 saturated heterocycles. The maximum Gasteiger partial charge on any atom is 0.0827 e. The van der Waals surface area contributed by atoms with E-state index in [1.54, 1.807) is 0 Å². The molecule has 0 amide bonds. The molecule has 0 aromatic heterocycles. The van der Waals surface area contributed by atoms with E-state index in [0.717, 1.165) is 12.1 Å². The Kier molecular flexibility index (Phi) is 7.29. The number of aliphatic hydroxyl groups is 1. The standard InChI is InChI=1S/C21H27NO.ClH/c1-17(16-22-14-6-3-7-15-22)21(23)20-12-10-19(11-13-20)18-8-4-2-5-9-18;/h2,4-5,8-13,17,21,23H,3,6-7,14-16H2,1H3;1H. The van der Waals surface area contributed by atoms with Crippen molar-refractivity contribution in [3.05, 3.63) is 60.2 Å². The summed E-state index contributed by atoms with van der Waals surface area (Å²) in [5, 5.41) is 10.7. The van der Waals surface area contributed by atoms with Gasteiger partial charge >= 0.3 is 0 Å². The number of benzene rings is 2. The summed E-state index contributed by atoms with van der Waals surface area (Å²) < 4.78 is 0. The van der Waals surface area contributed by atoms with Crippen LogP contribution < -0.4 is 0 Å². The van der Waals surface area contributed by atoms with Crippen molar-refractivity contribution in [3.63, 3.8) is 0 Å². The van der Waals surface area contributed by atoms with Gasteiger partial charge in [0.2, 0.25) is 0 Å². The van der Waals surface area contributed by atoms with Crippen LogP contribution in [-0.4, -0.2) is 29.6 Å². The van der Waals surface area contributed by atoms with Gasteiger partial charge in [0, 0.05) is 6.54 Å². The fraction of sp³-hybridized carbons (Fsp3) is 0.429. The van der Waals surface area contributed by atoms with Crippen molar-refractivity contribution in [1.82, 2.24) is 4.90 Å². The van der Waals surface area contributed by atoms with Crippen LogP contribution in [0.2, 0.25) is 0 Å². The third-order valence-electron chi connectivity index (χ3n) is 4.89. The lowest BCUT2D eigenvalue weighted by molar-refractivity contribution is 0.0820. The quantitative estimate of drug-likeness (QED) is 0.830. The number of nitrogens with zero attached hydrogens (tertiary/aromatic N) is 1. The van der Waals surface area contributed by atoms with Crippen LogP contribution in [0, 0.1) is 5.92 Å². The summed E-state index contributed by atoms with van der Waals surface area (Å²) in [7, 11) is 0. The van der Waals surface area contributed by atoms with E-state index in [1.807, 2.05) is 6.07 Å². The third-order valence-corrected chi connectivity index (χ3v) is 4.89. The Morgan fingerprint density at radius 2 is 1.46 bits per heavy atom. The van der Waals surface area contributed by atoms with Crippen LogP contribution >= 0.6 is 12.4 Å². The van der Waals surface area contributed by atoms with Gasteiger partial charge in [0.05, 0.1) is 6.10 Å². The van der Waals surface area contributed by atoms with E-state index in [9.17, 15) is 5.11 Å². The molecule has 0 bridgehead atoms. The minimum Gasteiger partial charge on any atom is -0.388 e. The lowest BCUT2D eigenvalue weighted by Gasteiger charge is -2.31. The molecule has 1 heterocycles. The van der Waals surface area contributed by atoms with Crippen molar-refractivity contribution in [1.29, 1.82) is 0 Å². The highest BCUT2D eigenvalue weighted by Crippen LogP contribution is 2.26. The van der Waals surface area contributed by atoms with Crippen molar-refractivity contribution in [3.8, 4) is 11.1 Å². The van der Waals surface area contributed by atoms with E-state index >= 15 is 0 Å². The molecule has 0 spiro atoms. The van der Waals surface area contributed by atoms with Crippen molar-refractivity contribution < 1.29 is 5.11 Å². The molecule has 1 fully saturated rings. The van der Waals surface area contributed by atoms with Crippen LogP contribution in [0.3, 0.4) is 0 Å². The van der Waals surface area contributed by atoms with Crippen molar-refractivity contribution in [2.24, 2.45) is 5.92 Å². The van der Waals surface area contributed by atoms with E-state index in [2.05, 4.69) is 60.4 Å². The van der Waals surface area contributed by atoms with Crippen molar-refractivity contribution in [2.75, 3.05) is 19.6 Å². The second-order valence-electron chi connectivity index (χ2n) is 6.77. The zero-order valence-corrected chi connectivity index (χ0v) is 15.2. The molecule has 1 aliphatic rings. The van der Waals surface area contributed by atoms with Gasteiger partial charge in [0.25, 0.3) is 0 Å². The van der Waals surface area contributed by atoms with Crippen molar-refractivity contribution >= 4 is 12.4 Å². The molecule has 0 radical (unpaired) electrons. The van der Waals surface area contributed by atoms with Gasteiger partial charge in [-0.3, -0.25) is 0 Å². The highest BCUT2D eigenvalue weighted by atomic mass is 35.5. The van der Waals surface area contributed by atoms with Gasteiger partial charge in [-0.1, -0.05) is 67.9 Å². The average molecular weight is 346 g/mol. The molecule has 1 N–H and O–H groups in total. The van der Waals surface area contributed by atoms with E-state index in [4.69, 9.17) is 0 Å². The van der Waals surface area contributed by atoms with Crippen LogP contribution in [0.15, 0.2) is 54.6 Å². The first-order valence-electron chi connectivity index (χ1n) is 8.80. The Morgan fingerprint density at radius 1 is 0.875 bits per heavy atom. The fourth-order valence-corrected chi connectivity index (χ4v) is 3.48. The maximum absolute atomic E-state index is 10.7. The summed E-state index contributed by atoms with van der Waals surface area (Å²) in [5.74, 6) is 0.260. The monoisotopic (exact) mass is 345 g/mol. The van der Waals surface area contributed by atoms with Gasteiger partial charge in [0.15, 0.2) is 0 Å². The molecule has 24 heavy (non-hydrogen) atoms. The Hall–Kier alpha value is -1.35. The van der Waals surface area contributed by atoms with E-state index in [1.165, 1.54) is 43.5 Å². The first-order chi connectivity index (χ1) is 11.2. The minimum absolute atomic E-state index is 0. The van der Waals surface area contributed by atoms with Gasteiger partial charge in [-0.25, -0.2) is 0 Å². The number of hydrogen-bond acceptors (Lipinski definition) is 2. The summed E-state index contributed by atoms with van der Waals surface area (Å²) in [4.78, 5) is 2.50. The molecule has 3 heteroatoms. The second-order valence-corrected chi connectivity index (χ2v) is 6.77. The smallest absolute Gasteiger partial charge is 0.0827 e. The molecule has 2 unspecified atom stereocenters. The molecule has 2 nitrogen and oxygen atoms in total. The van der Waals surface area contributed by atoms with Crippen LogP contribution in [0.25, 0.3) is 11.1 Å². The van der Waals surface area contributed by atoms with E-state index < -0.39 is 0 Å². The molecule has 2 aromatic rings. The normalized spacial score (nSPS) is 17.8. The predicted molar refractivity (Wildman–Crippen MR) is 104 cm³/mol. The largest absolute Gasteiger partial charge is 0.388 e. The molecule has 130 valence electrons. The number of halogens is 1. The summed E-state index contributed by atoms with van der Waals surface area (Å²) in [6, 6.07) is 18.7. The summed E-state index contributed by atoms with van der Waals surface area (Å²) >= 11 is 0. The molecule has 0 saturated carbocycles. The zero-order chi connectivity index (χ0) is 16.1. The van der Waals surface area contributed by atoms with Crippen LogP contribution in [-0.2, 0) is 0 Å². The zero-order valence-electron chi connectivity index (χ0n) is 14.4. The lowest BCUT2D eigenvalue weighted by atomic mass is 9.94. The third kappa shape index (κ3) is 4.83. The Morgan fingerprint density at radius 3 is 2.08 bits per heavy atom. The summed E-state index contributed by atoms with van der Waals surface area (Å²) in [6.07, 6.45) is 3.57. The molecule has 2 aromatic carbocycles. The first kappa shape index (κ1) is 19.0. The Labute approximate surface area is 151 Å². The lowest BCUT2D eigenvalue weighted by Crippen LogP contribution is -2.35. The minimum atomic E-state index is -0.387. The van der Waals surface area contributed by atoms with E-state index in [0.29, 0.717) is 0 Å². The molecule has 0 aliphatic carbocycles. The topological polar surface area (TPSA) is 23.5 Å². The SMILES string of the molecule is CC(CN1CCCCC1)C(O)c1ccc(-c2ccccc2)cc1.Cl. The number of rotatable bonds is 5. The predicted octanol–water partition coefficient (Wildman–Crippen LogP) is 4.93. The van der Waals surface area contributed by atoms with E-state index in [-0.39, 0.29) is 24.4 Å². The molecular weight excluding hydrogens is 318 g/mol. The molecular formula is C21H28ClNO. The summed E-state index contributed by atoms with van der Waals surface area (Å²) in [5.41, 5.74) is 3.44. The van der Waals surface area contributed by atoms with Gasteiger partial charge in [-0.05, 0) is 48.5 Å². The highest BCUT2D eigenvalue weighted by molar-refractivity contribution is 5.85. The Bertz CT molecular complexity index is 593.